The molecule has 25 heavy (non-hydrogen) atoms. The number of aromatic nitrogens is 1. The van der Waals surface area contributed by atoms with Crippen LogP contribution in [0.5, 0.6) is 0 Å². The highest BCUT2D eigenvalue weighted by Gasteiger charge is 2.25. The Balaban J connectivity index is 1.80. The standard InChI is InChI=1S/C20H23ClN2O2/c1-3-20(24)23-7-8-25-19(13-23)18-12-16(9-14(2)22-18)10-15-5-4-6-17(21)11-15/h4-6,9,11-12,19H,3,7-8,10,13H2,1-2H3/t19-/m1/s1. The lowest BCUT2D eigenvalue weighted by atomic mass is 10.0. The molecular formula is C20H23ClN2O2. The topological polar surface area (TPSA) is 42.4 Å². The van der Waals surface area contributed by atoms with Gasteiger partial charge in [0.05, 0.1) is 18.8 Å². The molecule has 0 aliphatic carbocycles. The average molecular weight is 359 g/mol. The number of nitrogens with zero attached hydrogens (tertiary/aromatic N) is 2. The second-order valence-electron chi connectivity index (χ2n) is 6.40. The van der Waals surface area contributed by atoms with Gasteiger partial charge in [0.2, 0.25) is 5.91 Å². The molecular weight excluding hydrogens is 336 g/mol. The summed E-state index contributed by atoms with van der Waals surface area (Å²) in [5, 5.41) is 0.743. The molecule has 1 atom stereocenters. The predicted molar refractivity (Wildman–Crippen MR) is 98.8 cm³/mol. The second-order valence-corrected chi connectivity index (χ2v) is 6.84. The number of carbonyl (C=O) groups is 1. The van der Waals surface area contributed by atoms with Crippen LogP contribution >= 0.6 is 11.6 Å². The third-order valence-electron chi connectivity index (χ3n) is 4.38. The summed E-state index contributed by atoms with van der Waals surface area (Å²) in [5.41, 5.74) is 4.19. The first-order chi connectivity index (χ1) is 12.0. The number of morpholine rings is 1. The molecule has 0 saturated carbocycles. The fourth-order valence-electron chi connectivity index (χ4n) is 3.20. The van der Waals surface area contributed by atoms with Crippen LogP contribution < -0.4 is 0 Å². The van der Waals surface area contributed by atoms with Crippen LogP contribution in [-0.2, 0) is 16.0 Å². The van der Waals surface area contributed by atoms with E-state index in [1.807, 2.05) is 36.9 Å². The summed E-state index contributed by atoms with van der Waals surface area (Å²) in [5.74, 6) is 0.167. The minimum Gasteiger partial charge on any atom is -0.368 e. The first-order valence-corrected chi connectivity index (χ1v) is 9.04. The summed E-state index contributed by atoms with van der Waals surface area (Å²) in [6.07, 6.45) is 1.15. The van der Waals surface area contributed by atoms with Gasteiger partial charge in [-0.2, -0.15) is 0 Å². The SMILES string of the molecule is CCC(=O)N1CCO[C@@H](c2cc(Cc3cccc(Cl)c3)cc(C)n2)C1. The lowest BCUT2D eigenvalue weighted by molar-refractivity contribution is -0.138. The van der Waals surface area contributed by atoms with Crippen molar-refractivity contribution in [3.05, 3.63) is 63.9 Å². The first-order valence-electron chi connectivity index (χ1n) is 8.66. The van der Waals surface area contributed by atoms with Gasteiger partial charge in [0.15, 0.2) is 0 Å². The van der Waals surface area contributed by atoms with Crippen molar-refractivity contribution in [1.82, 2.24) is 9.88 Å². The predicted octanol–water partition coefficient (Wildman–Crippen LogP) is 3.94. The molecule has 0 spiro atoms. The van der Waals surface area contributed by atoms with Gasteiger partial charge in [0.25, 0.3) is 0 Å². The number of amides is 1. The van der Waals surface area contributed by atoms with Gasteiger partial charge in [-0.3, -0.25) is 9.78 Å². The Morgan fingerprint density at radius 1 is 1.32 bits per heavy atom. The molecule has 132 valence electrons. The van der Waals surface area contributed by atoms with Gasteiger partial charge in [0, 0.05) is 23.7 Å². The normalized spacial score (nSPS) is 17.6. The van der Waals surface area contributed by atoms with Crippen LogP contribution in [0.15, 0.2) is 36.4 Å². The van der Waals surface area contributed by atoms with Gasteiger partial charge in [-0.1, -0.05) is 30.7 Å². The number of halogens is 1. The van der Waals surface area contributed by atoms with Crippen molar-refractivity contribution in [2.45, 2.75) is 32.8 Å². The van der Waals surface area contributed by atoms with Crippen LogP contribution in [0.1, 0.15) is 42.0 Å². The number of hydrogen-bond acceptors (Lipinski definition) is 3. The van der Waals surface area contributed by atoms with Crippen molar-refractivity contribution < 1.29 is 9.53 Å². The lowest BCUT2D eigenvalue weighted by Crippen LogP contribution is -2.42. The number of hydrogen-bond donors (Lipinski definition) is 0. The molecule has 2 heterocycles. The maximum Gasteiger partial charge on any atom is 0.222 e. The molecule has 0 radical (unpaired) electrons. The quantitative estimate of drug-likeness (QED) is 0.831. The van der Waals surface area contributed by atoms with E-state index in [1.165, 1.54) is 5.56 Å². The summed E-state index contributed by atoms with van der Waals surface area (Å²) in [6.45, 7) is 5.66. The number of aryl methyl sites for hydroxylation is 1. The molecule has 1 amide bonds. The van der Waals surface area contributed by atoms with Crippen LogP contribution in [0, 0.1) is 6.92 Å². The molecule has 2 aromatic rings. The number of carbonyl (C=O) groups excluding carboxylic acids is 1. The molecule has 1 aromatic heterocycles. The largest absolute Gasteiger partial charge is 0.368 e. The van der Waals surface area contributed by atoms with Crippen molar-refractivity contribution in [2.75, 3.05) is 19.7 Å². The number of pyridine rings is 1. The molecule has 1 saturated heterocycles. The van der Waals surface area contributed by atoms with Gasteiger partial charge >= 0.3 is 0 Å². The van der Waals surface area contributed by atoms with Crippen LogP contribution in [0.3, 0.4) is 0 Å². The zero-order valence-corrected chi connectivity index (χ0v) is 15.4. The minimum absolute atomic E-state index is 0.165. The van der Waals surface area contributed by atoms with Crippen molar-refractivity contribution in [3.63, 3.8) is 0 Å². The fourth-order valence-corrected chi connectivity index (χ4v) is 3.41. The molecule has 0 N–H and O–H groups in total. The molecule has 0 unspecified atom stereocenters. The third kappa shape index (κ3) is 4.59. The van der Waals surface area contributed by atoms with Crippen LogP contribution in [0.25, 0.3) is 0 Å². The highest BCUT2D eigenvalue weighted by molar-refractivity contribution is 6.30. The van der Waals surface area contributed by atoms with Crippen molar-refractivity contribution in [1.29, 1.82) is 0 Å². The van der Waals surface area contributed by atoms with Crippen LogP contribution in [0.2, 0.25) is 5.02 Å². The lowest BCUT2D eigenvalue weighted by Gasteiger charge is -2.32. The van der Waals surface area contributed by atoms with Gasteiger partial charge < -0.3 is 9.64 Å². The van der Waals surface area contributed by atoms with Crippen molar-refractivity contribution in [2.24, 2.45) is 0 Å². The zero-order valence-electron chi connectivity index (χ0n) is 14.7. The monoisotopic (exact) mass is 358 g/mol. The van der Waals surface area contributed by atoms with E-state index in [0.29, 0.717) is 26.1 Å². The molecule has 1 aliphatic rings. The van der Waals surface area contributed by atoms with E-state index in [1.54, 1.807) is 0 Å². The molecule has 4 nitrogen and oxygen atoms in total. The number of ether oxygens (including phenoxy) is 1. The molecule has 5 heteroatoms. The van der Waals surface area contributed by atoms with Gasteiger partial charge in [-0.15, -0.1) is 0 Å². The molecule has 1 fully saturated rings. The van der Waals surface area contributed by atoms with E-state index in [-0.39, 0.29) is 12.0 Å². The molecule has 1 aromatic carbocycles. The summed E-state index contributed by atoms with van der Waals surface area (Å²) >= 11 is 6.08. The summed E-state index contributed by atoms with van der Waals surface area (Å²) in [6, 6.07) is 12.1. The van der Waals surface area contributed by atoms with E-state index < -0.39 is 0 Å². The Labute approximate surface area is 153 Å². The van der Waals surface area contributed by atoms with E-state index >= 15 is 0 Å². The molecule has 1 aliphatic heterocycles. The van der Waals surface area contributed by atoms with Crippen molar-refractivity contribution >= 4 is 17.5 Å². The van der Waals surface area contributed by atoms with Crippen LogP contribution in [-0.4, -0.2) is 35.5 Å². The average Bonchev–Trinajstić information content (AvgIpc) is 2.60. The first kappa shape index (κ1) is 17.9. The smallest absolute Gasteiger partial charge is 0.222 e. The molecule has 0 bridgehead atoms. The third-order valence-corrected chi connectivity index (χ3v) is 4.62. The zero-order chi connectivity index (χ0) is 17.8. The molecule has 3 rings (SSSR count). The Kier molecular flexibility index (Phi) is 5.71. The van der Waals surface area contributed by atoms with E-state index in [4.69, 9.17) is 16.3 Å². The Hall–Kier alpha value is -1.91. The summed E-state index contributed by atoms with van der Waals surface area (Å²) in [4.78, 5) is 18.5. The Morgan fingerprint density at radius 2 is 2.16 bits per heavy atom. The van der Waals surface area contributed by atoms with Gasteiger partial charge in [0.1, 0.15) is 6.10 Å². The number of benzene rings is 1. The van der Waals surface area contributed by atoms with Gasteiger partial charge in [-0.05, 0) is 48.7 Å². The Bertz CT molecular complexity index is 763. The Morgan fingerprint density at radius 3 is 2.92 bits per heavy atom. The minimum atomic E-state index is -0.165. The van der Waals surface area contributed by atoms with E-state index in [0.717, 1.165) is 28.4 Å². The summed E-state index contributed by atoms with van der Waals surface area (Å²) < 4.78 is 5.89. The van der Waals surface area contributed by atoms with Crippen molar-refractivity contribution in [3.8, 4) is 0 Å². The summed E-state index contributed by atoms with van der Waals surface area (Å²) in [7, 11) is 0. The van der Waals surface area contributed by atoms with E-state index in [9.17, 15) is 4.79 Å². The van der Waals surface area contributed by atoms with Gasteiger partial charge in [-0.25, -0.2) is 0 Å². The second kappa shape index (κ2) is 7.98. The number of rotatable bonds is 4. The highest BCUT2D eigenvalue weighted by Crippen LogP contribution is 2.24. The maximum atomic E-state index is 12.0. The van der Waals surface area contributed by atoms with Crippen LogP contribution in [0.4, 0.5) is 0 Å². The highest BCUT2D eigenvalue weighted by atomic mass is 35.5. The van der Waals surface area contributed by atoms with E-state index in [2.05, 4.69) is 23.2 Å². The maximum absolute atomic E-state index is 12.0. The fraction of sp³-hybridized carbons (Fsp3) is 0.400.